The number of hydrogen-bond donors (Lipinski definition) is 6. The van der Waals surface area contributed by atoms with Gasteiger partial charge in [-0.1, -0.05) is 54.0 Å². The van der Waals surface area contributed by atoms with E-state index in [0.717, 1.165) is 5.56 Å². The Labute approximate surface area is 219 Å². The maximum Gasteiger partial charge on any atom is 0.242 e. The molecule has 0 spiro atoms. The average Bonchev–Trinajstić information content (AvgIpc) is 2.80. The number of sulfonamides is 1. The highest BCUT2D eigenvalue weighted by molar-refractivity contribution is 9.10. The molecule has 0 aliphatic rings. The van der Waals surface area contributed by atoms with E-state index >= 15 is 0 Å². The van der Waals surface area contributed by atoms with Crippen molar-refractivity contribution in [2.45, 2.75) is 56.8 Å². The highest BCUT2D eigenvalue weighted by Crippen LogP contribution is 2.16. The fraction of sp³-hybridized carbons (Fsp3) is 0.375. The van der Waals surface area contributed by atoms with E-state index in [4.69, 9.17) is 11.1 Å². The Kier molecular flexibility index (Phi) is 10.6. The van der Waals surface area contributed by atoms with Gasteiger partial charge in [0.05, 0.1) is 11.0 Å². The molecule has 36 heavy (non-hydrogen) atoms. The van der Waals surface area contributed by atoms with Crippen molar-refractivity contribution >= 4 is 43.6 Å². The normalized spacial score (nSPS) is 14.1. The molecule has 10 nitrogen and oxygen atoms in total. The summed E-state index contributed by atoms with van der Waals surface area (Å²) in [7, 11) is -4.12. The molecule has 2 rings (SSSR count). The molecule has 0 heterocycles. The van der Waals surface area contributed by atoms with E-state index in [2.05, 4.69) is 31.3 Å². The minimum Gasteiger partial charge on any atom is -0.391 e. The Bertz CT molecular complexity index is 1170. The number of aliphatic hydroxyl groups is 1. The summed E-state index contributed by atoms with van der Waals surface area (Å²) in [5, 5.41) is 23.0. The van der Waals surface area contributed by atoms with Crippen LogP contribution >= 0.6 is 15.9 Å². The molecule has 2 aromatic rings. The quantitative estimate of drug-likeness (QED) is 0.164. The average molecular weight is 583 g/mol. The topological polar surface area (TPSA) is 174 Å². The molecule has 0 aliphatic carbocycles. The molecule has 196 valence electrons. The minimum absolute atomic E-state index is 0.0420. The molecule has 2 unspecified atom stereocenters. The van der Waals surface area contributed by atoms with Crippen molar-refractivity contribution in [1.82, 2.24) is 15.4 Å². The molecule has 0 saturated carbocycles. The smallest absolute Gasteiger partial charge is 0.242 e. The second-order valence-electron chi connectivity index (χ2n) is 8.81. The summed E-state index contributed by atoms with van der Waals surface area (Å²) in [5.74, 6) is -1.29. The number of halogens is 1. The van der Waals surface area contributed by atoms with Crippen molar-refractivity contribution in [1.29, 1.82) is 5.41 Å². The molecule has 3 atom stereocenters. The van der Waals surface area contributed by atoms with E-state index in [1.165, 1.54) is 19.1 Å². The van der Waals surface area contributed by atoms with Crippen molar-refractivity contribution in [3.63, 3.8) is 0 Å². The maximum absolute atomic E-state index is 13.0. The van der Waals surface area contributed by atoms with Crippen LogP contribution in [0.2, 0.25) is 0 Å². The Morgan fingerprint density at radius 2 is 1.61 bits per heavy atom. The lowest BCUT2D eigenvalue weighted by atomic mass is 10.0. The summed E-state index contributed by atoms with van der Waals surface area (Å²) in [6.07, 6.45) is -1.06. The first-order valence-electron chi connectivity index (χ1n) is 11.3. The van der Waals surface area contributed by atoms with Crippen LogP contribution in [0.5, 0.6) is 0 Å². The van der Waals surface area contributed by atoms with Gasteiger partial charge in [0.25, 0.3) is 0 Å². The van der Waals surface area contributed by atoms with E-state index in [0.29, 0.717) is 16.5 Å². The number of nitrogen functional groups attached to an aromatic ring is 1. The van der Waals surface area contributed by atoms with E-state index in [1.807, 2.05) is 13.8 Å². The number of carbonyl (C=O) groups excluding carboxylic acids is 2. The number of carbonyl (C=O) groups is 2. The molecule has 0 saturated heterocycles. The Hall–Kier alpha value is -2.80. The first kappa shape index (κ1) is 29.4. The van der Waals surface area contributed by atoms with Gasteiger partial charge in [0.1, 0.15) is 17.9 Å². The summed E-state index contributed by atoms with van der Waals surface area (Å²) in [6.45, 7) is 5.23. The van der Waals surface area contributed by atoms with Crippen molar-refractivity contribution in [2.75, 3.05) is 0 Å². The van der Waals surface area contributed by atoms with Crippen molar-refractivity contribution in [2.24, 2.45) is 11.7 Å². The van der Waals surface area contributed by atoms with Gasteiger partial charge in [0.15, 0.2) is 0 Å². The van der Waals surface area contributed by atoms with E-state index in [9.17, 15) is 23.1 Å². The molecular weight excluding hydrogens is 550 g/mol. The number of rotatable bonds is 12. The largest absolute Gasteiger partial charge is 0.391 e. The second-order valence-corrected chi connectivity index (χ2v) is 11.4. The molecule has 0 aromatic heterocycles. The zero-order valence-electron chi connectivity index (χ0n) is 20.3. The van der Waals surface area contributed by atoms with Crippen LogP contribution in [0, 0.1) is 11.3 Å². The summed E-state index contributed by atoms with van der Waals surface area (Å²) >= 11 is 3.24. The van der Waals surface area contributed by atoms with Crippen LogP contribution < -0.4 is 21.1 Å². The standard InChI is InChI=1S/C24H32BrN5O5S/c1-14(2)12-20(23(32)28-13-16-4-6-17(7-5-16)22(26)27)29-24(33)21(15(3)31)30-36(34,35)19-10-8-18(25)9-11-19/h4-11,14-15,20-21,30-31H,12-13H2,1-3H3,(H3,26,27)(H,28,32)(H,29,33)/t15?,20?,21-/m1/s1. The molecule has 12 heteroatoms. The highest BCUT2D eigenvalue weighted by atomic mass is 79.9. The fourth-order valence-corrected chi connectivity index (χ4v) is 4.83. The van der Waals surface area contributed by atoms with Gasteiger partial charge in [-0.15, -0.1) is 0 Å². The third kappa shape index (κ3) is 8.70. The zero-order valence-corrected chi connectivity index (χ0v) is 22.7. The number of nitrogens with one attached hydrogen (secondary N) is 4. The molecule has 0 aliphatic heterocycles. The third-order valence-corrected chi connectivity index (χ3v) is 7.23. The summed E-state index contributed by atoms with van der Waals surface area (Å²) < 4.78 is 28.5. The van der Waals surface area contributed by atoms with Crippen LogP contribution in [-0.2, 0) is 26.2 Å². The third-order valence-electron chi connectivity index (χ3n) is 5.24. The summed E-state index contributed by atoms with van der Waals surface area (Å²) in [6, 6.07) is 10.1. The van der Waals surface area contributed by atoms with Gasteiger partial charge >= 0.3 is 0 Å². The summed E-state index contributed by atoms with van der Waals surface area (Å²) in [5.41, 5.74) is 6.78. The molecule has 2 aromatic carbocycles. The van der Waals surface area contributed by atoms with Gasteiger partial charge in [0, 0.05) is 16.6 Å². The minimum atomic E-state index is -4.12. The molecule has 7 N–H and O–H groups in total. The van der Waals surface area contributed by atoms with Gasteiger partial charge in [-0.25, -0.2) is 8.42 Å². The van der Waals surface area contributed by atoms with Crippen molar-refractivity contribution in [3.05, 3.63) is 64.1 Å². The lowest BCUT2D eigenvalue weighted by molar-refractivity contribution is -0.131. The van der Waals surface area contributed by atoms with Gasteiger partial charge in [-0.2, -0.15) is 4.72 Å². The monoisotopic (exact) mass is 581 g/mol. The number of aliphatic hydroxyl groups excluding tert-OH is 1. The van der Waals surface area contributed by atoms with Crippen LogP contribution in [-0.4, -0.2) is 49.4 Å². The highest BCUT2D eigenvalue weighted by Gasteiger charge is 2.32. The van der Waals surface area contributed by atoms with Crippen LogP contribution in [0.1, 0.15) is 38.3 Å². The lowest BCUT2D eigenvalue weighted by Gasteiger charge is -2.25. The number of nitrogens with two attached hydrogens (primary N) is 1. The van der Waals surface area contributed by atoms with Crippen molar-refractivity contribution in [3.8, 4) is 0 Å². The predicted molar refractivity (Wildman–Crippen MR) is 141 cm³/mol. The number of amidine groups is 1. The van der Waals surface area contributed by atoms with Crippen molar-refractivity contribution < 1.29 is 23.1 Å². The molecule has 0 bridgehead atoms. The van der Waals surface area contributed by atoms with Crippen LogP contribution in [0.15, 0.2) is 57.9 Å². The SMILES string of the molecule is CC(C)CC(NC(=O)[C@H](NS(=O)(=O)c1ccc(Br)cc1)C(C)O)C(=O)NCc1ccc(C(=N)N)cc1. The number of hydrogen-bond acceptors (Lipinski definition) is 6. The lowest BCUT2D eigenvalue weighted by Crippen LogP contribution is -2.57. The molecule has 0 fully saturated rings. The maximum atomic E-state index is 13.0. The Morgan fingerprint density at radius 1 is 1.03 bits per heavy atom. The van der Waals surface area contributed by atoms with Gasteiger partial charge < -0.3 is 21.5 Å². The van der Waals surface area contributed by atoms with Gasteiger partial charge in [0.2, 0.25) is 21.8 Å². The molecular formula is C24H32BrN5O5S. The fourth-order valence-electron chi connectivity index (χ4n) is 3.30. The van der Waals surface area contributed by atoms with E-state index in [-0.39, 0.29) is 23.2 Å². The molecule has 0 radical (unpaired) electrons. The van der Waals surface area contributed by atoms with Crippen LogP contribution in [0.3, 0.4) is 0 Å². The summed E-state index contributed by atoms with van der Waals surface area (Å²) in [4.78, 5) is 25.8. The van der Waals surface area contributed by atoms with Crippen LogP contribution in [0.4, 0.5) is 0 Å². The number of benzene rings is 2. The second kappa shape index (κ2) is 12.9. The Balaban J connectivity index is 2.12. The first-order valence-corrected chi connectivity index (χ1v) is 13.5. The van der Waals surface area contributed by atoms with E-state index in [1.54, 1.807) is 36.4 Å². The van der Waals surface area contributed by atoms with Gasteiger partial charge in [-0.05, 0) is 49.1 Å². The molecule has 2 amide bonds. The van der Waals surface area contributed by atoms with Crippen LogP contribution in [0.25, 0.3) is 0 Å². The predicted octanol–water partition coefficient (Wildman–Crippen LogP) is 1.61. The first-order chi connectivity index (χ1) is 16.8. The zero-order chi connectivity index (χ0) is 27.0. The number of amides is 2. The van der Waals surface area contributed by atoms with E-state index < -0.39 is 40.0 Å². The Morgan fingerprint density at radius 3 is 2.11 bits per heavy atom. The van der Waals surface area contributed by atoms with Gasteiger partial charge in [-0.3, -0.25) is 15.0 Å².